The van der Waals surface area contributed by atoms with E-state index < -0.39 is 0 Å². The van der Waals surface area contributed by atoms with E-state index in [9.17, 15) is 9.59 Å². The second-order valence-corrected chi connectivity index (χ2v) is 5.89. The maximum absolute atomic E-state index is 13.1. The second kappa shape index (κ2) is 5.31. The van der Waals surface area contributed by atoms with Gasteiger partial charge in [-0.2, -0.15) is 0 Å². The Morgan fingerprint density at radius 2 is 1.46 bits per heavy atom. The molecule has 0 aromatic heterocycles. The molecule has 0 fully saturated rings. The van der Waals surface area contributed by atoms with Crippen molar-refractivity contribution >= 4 is 38.3 Å². The lowest BCUT2D eigenvalue weighted by Crippen LogP contribution is -2.06. The Bertz CT molecular complexity index is 1160. The van der Waals surface area contributed by atoms with E-state index in [1.54, 1.807) is 6.92 Å². The van der Waals surface area contributed by atoms with Gasteiger partial charge >= 0.3 is 5.97 Å². The Balaban J connectivity index is 2.34. The fourth-order valence-electron chi connectivity index (χ4n) is 3.63. The van der Waals surface area contributed by atoms with Crippen molar-refractivity contribution in [2.24, 2.45) is 0 Å². The molecule has 3 nitrogen and oxygen atoms in total. The summed E-state index contributed by atoms with van der Waals surface area (Å²) in [5.41, 5.74) is 1.18. The molecule has 0 saturated carbocycles. The molecule has 0 aliphatic rings. The van der Waals surface area contributed by atoms with Crippen LogP contribution in [-0.2, 0) is 4.74 Å². The first-order chi connectivity index (χ1) is 11.6. The summed E-state index contributed by atoms with van der Waals surface area (Å²) in [5, 5.41) is 4.84. The van der Waals surface area contributed by atoms with Gasteiger partial charge in [0, 0.05) is 16.2 Å². The van der Waals surface area contributed by atoms with Crippen molar-refractivity contribution in [2.45, 2.75) is 13.8 Å². The summed E-state index contributed by atoms with van der Waals surface area (Å²) < 4.78 is 5.23. The largest absolute Gasteiger partial charge is 0.462 e. The molecular weight excluding hydrogens is 300 g/mol. The molecule has 118 valence electrons. The fourth-order valence-corrected chi connectivity index (χ4v) is 3.63. The van der Waals surface area contributed by atoms with Crippen LogP contribution >= 0.6 is 0 Å². The van der Waals surface area contributed by atoms with Crippen LogP contribution in [0.5, 0.6) is 0 Å². The highest BCUT2D eigenvalue weighted by molar-refractivity contribution is 6.27. The number of aryl methyl sites for hydroxylation is 1. The number of ether oxygens (including phenoxy) is 1. The van der Waals surface area contributed by atoms with Crippen LogP contribution in [0.1, 0.15) is 22.8 Å². The lowest BCUT2D eigenvalue weighted by molar-refractivity contribution is 0.0528. The molecule has 4 aromatic rings. The molecule has 0 N–H and O–H groups in total. The highest BCUT2D eigenvalue weighted by Crippen LogP contribution is 2.36. The Labute approximate surface area is 138 Å². The number of esters is 1. The predicted octanol–water partition coefficient (Wildman–Crippen LogP) is 4.43. The summed E-state index contributed by atoms with van der Waals surface area (Å²) >= 11 is 0. The van der Waals surface area contributed by atoms with Crippen molar-refractivity contribution in [1.29, 1.82) is 0 Å². The topological polar surface area (TPSA) is 43.4 Å². The van der Waals surface area contributed by atoms with Crippen molar-refractivity contribution in [3.8, 4) is 0 Å². The molecule has 4 rings (SSSR count). The summed E-state index contributed by atoms with van der Waals surface area (Å²) in [7, 11) is 0. The molecule has 0 bridgehead atoms. The van der Waals surface area contributed by atoms with Crippen LogP contribution in [0.25, 0.3) is 32.3 Å². The van der Waals surface area contributed by atoms with E-state index in [0.29, 0.717) is 28.5 Å². The summed E-state index contributed by atoms with van der Waals surface area (Å²) in [5.74, 6) is -0.373. The normalized spacial score (nSPS) is 11.4. The highest BCUT2D eigenvalue weighted by Gasteiger charge is 2.23. The van der Waals surface area contributed by atoms with Gasteiger partial charge < -0.3 is 4.74 Å². The number of rotatable bonds is 2. The van der Waals surface area contributed by atoms with Gasteiger partial charge in [-0.3, -0.25) is 4.79 Å². The molecule has 0 saturated heterocycles. The minimum Gasteiger partial charge on any atom is -0.462 e. The average molecular weight is 316 g/mol. The molecule has 24 heavy (non-hydrogen) atoms. The maximum Gasteiger partial charge on any atom is 0.339 e. The number of hydrogen-bond donors (Lipinski definition) is 0. The Kier molecular flexibility index (Phi) is 3.24. The van der Waals surface area contributed by atoms with E-state index in [1.807, 2.05) is 55.5 Å². The molecule has 0 radical (unpaired) electrons. The van der Waals surface area contributed by atoms with E-state index >= 15 is 0 Å². The van der Waals surface area contributed by atoms with Gasteiger partial charge in [0.1, 0.15) is 0 Å². The van der Waals surface area contributed by atoms with Crippen LogP contribution in [0.3, 0.4) is 0 Å². The second-order valence-electron chi connectivity index (χ2n) is 5.89. The summed E-state index contributed by atoms with van der Waals surface area (Å²) in [6.45, 7) is 3.92. The SMILES string of the molecule is CCOC(=O)c1c(C)c2c(=O)c3ccccc3c3ccccc1c23. The molecule has 0 heterocycles. The predicted molar refractivity (Wildman–Crippen MR) is 97.1 cm³/mol. The molecule has 0 aliphatic heterocycles. The zero-order valence-electron chi connectivity index (χ0n) is 13.6. The third-order valence-electron chi connectivity index (χ3n) is 4.61. The van der Waals surface area contributed by atoms with Crippen LogP contribution in [0.15, 0.2) is 53.3 Å². The van der Waals surface area contributed by atoms with Crippen molar-refractivity contribution in [2.75, 3.05) is 6.61 Å². The van der Waals surface area contributed by atoms with Gasteiger partial charge in [-0.05, 0) is 35.6 Å². The lowest BCUT2D eigenvalue weighted by atomic mass is 10.00. The first kappa shape index (κ1) is 14.6. The molecule has 0 spiro atoms. The molecular formula is C21H16O3. The lowest BCUT2D eigenvalue weighted by Gasteiger charge is -2.02. The van der Waals surface area contributed by atoms with Crippen molar-refractivity contribution in [1.82, 2.24) is 0 Å². The molecule has 3 heteroatoms. The minimum absolute atomic E-state index is 0.0256. The smallest absolute Gasteiger partial charge is 0.339 e. The van der Waals surface area contributed by atoms with Gasteiger partial charge in [-0.1, -0.05) is 48.5 Å². The molecule has 0 atom stereocenters. The Morgan fingerprint density at radius 1 is 0.875 bits per heavy atom. The zero-order chi connectivity index (χ0) is 16.8. The van der Waals surface area contributed by atoms with Gasteiger partial charge in [0.25, 0.3) is 0 Å². The third-order valence-corrected chi connectivity index (χ3v) is 4.61. The van der Waals surface area contributed by atoms with E-state index in [1.165, 1.54) is 0 Å². The quantitative estimate of drug-likeness (QED) is 0.514. The van der Waals surface area contributed by atoms with Gasteiger partial charge in [0.05, 0.1) is 12.2 Å². The first-order valence-corrected chi connectivity index (χ1v) is 8.01. The van der Waals surface area contributed by atoms with Crippen LogP contribution < -0.4 is 5.43 Å². The van der Waals surface area contributed by atoms with Crippen LogP contribution in [-0.4, -0.2) is 12.6 Å². The molecule has 0 amide bonds. The number of fused-ring (bicyclic) bond motifs is 2. The summed E-state index contributed by atoms with van der Waals surface area (Å²) in [6, 6.07) is 15.3. The minimum atomic E-state index is -0.373. The Morgan fingerprint density at radius 3 is 2.12 bits per heavy atom. The Hall–Kier alpha value is -2.94. The molecule has 0 unspecified atom stereocenters. The molecule has 4 aromatic carbocycles. The standard InChI is InChI=1S/C21H16O3/c1-3-24-21(23)17-12(2)18-19-14(9-5-7-11-16(17)19)13-8-4-6-10-15(13)20(18)22/h4-11H,3H2,1-2H3. The van der Waals surface area contributed by atoms with Gasteiger partial charge in [-0.25, -0.2) is 4.79 Å². The van der Waals surface area contributed by atoms with Gasteiger partial charge in [0.2, 0.25) is 0 Å². The van der Waals surface area contributed by atoms with E-state index in [0.717, 1.165) is 21.5 Å². The van der Waals surface area contributed by atoms with E-state index in [4.69, 9.17) is 4.74 Å². The average Bonchev–Trinajstić information content (AvgIpc) is 2.73. The van der Waals surface area contributed by atoms with Crippen molar-refractivity contribution < 1.29 is 9.53 Å². The van der Waals surface area contributed by atoms with Crippen LogP contribution in [0.2, 0.25) is 0 Å². The highest BCUT2D eigenvalue weighted by atomic mass is 16.5. The molecule has 0 aliphatic carbocycles. The fraction of sp³-hybridized carbons (Fsp3) is 0.143. The van der Waals surface area contributed by atoms with Crippen molar-refractivity contribution in [3.05, 3.63) is 69.9 Å². The maximum atomic E-state index is 13.1. The first-order valence-electron chi connectivity index (χ1n) is 8.01. The summed E-state index contributed by atoms with van der Waals surface area (Å²) in [6.07, 6.45) is 0. The zero-order valence-corrected chi connectivity index (χ0v) is 13.6. The number of carbonyl (C=O) groups excluding carboxylic acids is 1. The van der Waals surface area contributed by atoms with Crippen LogP contribution in [0, 0.1) is 6.92 Å². The monoisotopic (exact) mass is 316 g/mol. The van der Waals surface area contributed by atoms with Gasteiger partial charge in [-0.15, -0.1) is 0 Å². The van der Waals surface area contributed by atoms with E-state index in [2.05, 4.69) is 0 Å². The van der Waals surface area contributed by atoms with Crippen molar-refractivity contribution in [3.63, 3.8) is 0 Å². The van der Waals surface area contributed by atoms with Gasteiger partial charge in [0.15, 0.2) is 5.43 Å². The number of carbonyl (C=O) groups is 1. The van der Waals surface area contributed by atoms with Crippen LogP contribution in [0.4, 0.5) is 0 Å². The number of hydrogen-bond acceptors (Lipinski definition) is 3. The van der Waals surface area contributed by atoms with E-state index in [-0.39, 0.29) is 11.4 Å². The summed E-state index contributed by atoms with van der Waals surface area (Å²) in [4.78, 5) is 25.5. The number of benzene rings is 2. The third kappa shape index (κ3) is 1.84.